The van der Waals surface area contributed by atoms with E-state index in [4.69, 9.17) is 4.98 Å². The van der Waals surface area contributed by atoms with Crippen LogP contribution in [0.4, 0.5) is 0 Å². The summed E-state index contributed by atoms with van der Waals surface area (Å²) in [4.78, 5) is 36.5. The maximum atomic E-state index is 13.6. The molecule has 0 amide bonds. The van der Waals surface area contributed by atoms with E-state index in [2.05, 4.69) is 44.2 Å². The van der Waals surface area contributed by atoms with Crippen LogP contribution in [0.3, 0.4) is 0 Å². The maximum absolute atomic E-state index is 13.6. The fourth-order valence-electron chi connectivity index (χ4n) is 5.82. The molecule has 2 aliphatic rings. The first kappa shape index (κ1) is 26.6. The van der Waals surface area contributed by atoms with Crippen LogP contribution in [0.25, 0.3) is 0 Å². The number of hydrogen-bond acceptors (Lipinski definition) is 7. The Hall–Kier alpha value is -4.05. The fraction of sp³-hybridized carbons (Fsp3) is 0.406. The second-order valence-electron chi connectivity index (χ2n) is 10.7. The van der Waals surface area contributed by atoms with Gasteiger partial charge in [0.05, 0.1) is 35.1 Å². The van der Waals surface area contributed by atoms with Gasteiger partial charge in [0.15, 0.2) is 0 Å². The quantitative estimate of drug-likeness (QED) is 0.369. The maximum Gasteiger partial charge on any atom is 0.142 e. The first-order valence-electron chi connectivity index (χ1n) is 13.8. The highest BCUT2D eigenvalue weighted by Gasteiger charge is 2.34. The van der Waals surface area contributed by atoms with Crippen molar-refractivity contribution in [2.75, 3.05) is 6.54 Å². The molecule has 198 valence electrons. The van der Waals surface area contributed by atoms with Crippen molar-refractivity contribution in [2.24, 2.45) is 16.8 Å². The molecule has 0 N–H and O–H groups in total. The number of nitrogens with zero attached hydrogens (tertiary/aromatic N) is 6. The van der Waals surface area contributed by atoms with Gasteiger partial charge in [-0.05, 0) is 68.9 Å². The molecule has 1 fully saturated rings. The average molecular weight is 519 g/mol. The summed E-state index contributed by atoms with van der Waals surface area (Å²) >= 11 is 0. The zero-order chi connectivity index (χ0) is 27.2. The molecular formula is C32H34N6O. The third-order valence-corrected chi connectivity index (χ3v) is 8.01. The van der Waals surface area contributed by atoms with E-state index in [1.54, 1.807) is 18.6 Å². The van der Waals surface area contributed by atoms with Crippen LogP contribution in [-0.4, -0.2) is 38.0 Å². The van der Waals surface area contributed by atoms with Gasteiger partial charge < -0.3 is 0 Å². The lowest BCUT2D eigenvalue weighted by Gasteiger charge is -2.33. The molecule has 1 aromatic carbocycles. The van der Waals surface area contributed by atoms with Crippen molar-refractivity contribution in [3.8, 4) is 6.07 Å². The lowest BCUT2D eigenvalue weighted by atomic mass is 9.72. The van der Waals surface area contributed by atoms with E-state index in [0.717, 1.165) is 67.0 Å². The first-order valence-corrected chi connectivity index (χ1v) is 13.8. The van der Waals surface area contributed by atoms with Crippen molar-refractivity contribution in [2.45, 2.75) is 64.7 Å². The summed E-state index contributed by atoms with van der Waals surface area (Å²) in [6, 6.07) is 12.4. The van der Waals surface area contributed by atoms with Gasteiger partial charge >= 0.3 is 0 Å². The molecule has 1 atom stereocenters. The van der Waals surface area contributed by atoms with Gasteiger partial charge in [0.25, 0.3) is 0 Å². The molecule has 2 aromatic heterocycles. The average Bonchev–Trinajstić information content (AvgIpc) is 3.40. The number of allylic oxidation sites excluding steroid dienone is 1. The number of Topliss-reactive ketones (excluding diaryl/α,β-unsaturated/α-hetero) is 1. The standard InChI is InChI=1S/C32H34N6O/c1-21-14-15-34-31(21)32-26(17-33)19-37-29(38-32)16-24-8-11-25(12-9-24)30(27-20-35-22(2)18-36-27)28(39)13-10-23-6-4-3-5-7-23/h3-7,14,18-20,24-25,30H,8-13,15-16H2,1-2H3. The zero-order valence-electron chi connectivity index (χ0n) is 22.7. The summed E-state index contributed by atoms with van der Waals surface area (Å²) in [7, 11) is 0. The molecule has 1 unspecified atom stereocenters. The Balaban J connectivity index is 1.26. The highest BCUT2D eigenvalue weighted by molar-refractivity contribution is 6.13. The Bertz CT molecular complexity index is 1410. The highest BCUT2D eigenvalue weighted by atomic mass is 16.1. The number of aliphatic imine (C=N–C) groups is 1. The Morgan fingerprint density at radius 2 is 1.82 bits per heavy atom. The number of hydrogen-bond donors (Lipinski definition) is 0. The Labute approximate surface area is 230 Å². The van der Waals surface area contributed by atoms with Gasteiger partial charge in [-0.1, -0.05) is 36.4 Å². The molecule has 0 bridgehead atoms. The molecule has 5 rings (SSSR count). The number of rotatable bonds is 9. The Morgan fingerprint density at radius 1 is 1.03 bits per heavy atom. The number of aryl methyl sites for hydroxylation is 2. The second-order valence-corrected chi connectivity index (χ2v) is 10.7. The smallest absolute Gasteiger partial charge is 0.142 e. The summed E-state index contributed by atoms with van der Waals surface area (Å²) in [5.41, 5.74) is 5.79. The van der Waals surface area contributed by atoms with E-state index < -0.39 is 0 Å². The molecule has 0 spiro atoms. The van der Waals surface area contributed by atoms with Crippen LogP contribution in [0, 0.1) is 30.1 Å². The first-order chi connectivity index (χ1) is 19.0. The summed E-state index contributed by atoms with van der Waals surface area (Å²) in [6.45, 7) is 4.56. The molecule has 7 heteroatoms. The molecule has 1 aliphatic heterocycles. The van der Waals surface area contributed by atoms with Crippen LogP contribution >= 0.6 is 0 Å². The number of benzene rings is 1. The van der Waals surface area contributed by atoms with Crippen LogP contribution in [0.15, 0.2) is 65.6 Å². The van der Waals surface area contributed by atoms with Crippen molar-refractivity contribution in [1.82, 2.24) is 19.9 Å². The summed E-state index contributed by atoms with van der Waals surface area (Å²) in [6.07, 6.45) is 13.2. The van der Waals surface area contributed by atoms with Gasteiger partial charge in [0.1, 0.15) is 23.4 Å². The van der Waals surface area contributed by atoms with E-state index >= 15 is 0 Å². The van der Waals surface area contributed by atoms with E-state index in [1.165, 1.54) is 5.56 Å². The largest absolute Gasteiger partial charge is 0.299 e. The van der Waals surface area contributed by atoms with Crippen LogP contribution in [0.1, 0.15) is 79.0 Å². The van der Waals surface area contributed by atoms with Gasteiger partial charge in [0.2, 0.25) is 0 Å². The molecule has 0 radical (unpaired) electrons. The van der Waals surface area contributed by atoms with Crippen molar-refractivity contribution in [1.29, 1.82) is 5.26 Å². The third kappa shape index (κ3) is 6.34. The van der Waals surface area contributed by atoms with Crippen LogP contribution in [0.2, 0.25) is 0 Å². The highest BCUT2D eigenvalue weighted by Crippen LogP contribution is 2.39. The van der Waals surface area contributed by atoms with Gasteiger partial charge in [-0.15, -0.1) is 0 Å². The third-order valence-electron chi connectivity index (χ3n) is 8.01. The number of carbonyl (C=O) groups excluding carboxylic acids is 1. The normalized spacial score (nSPS) is 19.6. The van der Waals surface area contributed by atoms with E-state index in [0.29, 0.717) is 30.1 Å². The molecular weight excluding hydrogens is 484 g/mol. The Morgan fingerprint density at radius 3 is 2.49 bits per heavy atom. The predicted octanol–water partition coefficient (Wildman–Crippen LogP) is 5.53. The monoisotopic (exact) mass is 518 g/mol. The van der Waals surface area contributed by atoms with Gasteiger partial charge in [-0.25, -0.2) is 9.97 Å². The number of nitriles is 1. The molecule has 39 heavy (non-hydrogen) atoms. The number of carbonyl (C=O) groups is 1. The lowest BCUT2D eigenvalue weighted by Crippen LogP contribution is -2.28. The van der Waals surface area contributed by atoms with Gasteiger partial charge in [0, 0.05) is 31.4 Å². The zero-order valence-corrected chi connectivity index (χ0v) is 22.7. The van der Waals surface area contributed by atoms with Crippen LogP contribution in [-0.2, 0) is 17.6 Å². The molecule has 1 aliphatic carbocycles. The lowest BCUT2D eigenvalue weighted by molar-refractivity contribution is -0.122. The van der Waals surface area contributed by atoms with Crippen molar-refractivity contribution >= 4 is 11.5 Å². The van der Waals surface area contributed by atoms with Crippen molar-refractivity contribution < 1.29 is 4.79 Å². The SMILES string of the molecule is CC1=CCN=C1c1nc(CC2CCC(C(C(=O)CCc3ccccc3)c3cnc(C)cn3)CC2)ncc1C#N. The topological polar surface area (TPSA) is 105 Å². The Kier molecular flexibility index (Phi) is 8.31. The van der Waals surface area contributed by atoms with E-state index in [9.17, 15) is 10.1 Å². The van der Waals surface area contributed by atoms with E-state index in [-0.39, 0.29) is 17.6 Å². The van der Waals surface area contributed by atoms with Gasteiger partial charge in [-0.2, -0.15) is 5.26 Å². The minimum absolute atomic E-state index is 0.226. The molecule has 1 saturated carbocycles. The number of ketones is 1. The minimum Gasteiger partial charge on any atom is -0.299 e. The molecule has 3 heterocycles. The summed E-state index contributed by atoms with van der Waals surface area (Å²) in [5, 5.41) is 9.57. The summed E-state index contributed by atoms with van der Waals surface area (Å²) < 4.78 is 0. The van der Waals surface area contributed by atoms with Crippen molar-refractivity contribution in [3.05, 3.63) is 94.6 Å². The molecule has 0 saturated heterocycles. The van der Waals surface area contributed by atoms with Crippen LogP contribution < -0.4 is 0 Å². The van der Waals surface area contributed by atoms with Crippen LogP contribution in [0.5, 0.6) is 0 Å². The van der Waals surface area contributed by atoms with E-state index in [1.807, 2.05) is 32.0 Å². The minimum atomic E-state index is -0.226. The fourth-order valence-corrected chi connectivity index (χ4v) is 5.82. The predicted molar refractivity (Wildman–Crippen MR) is 150 cm³/mol. The molecule has 7 nitrogen and oxygen atoms in total. The second kappa shape index (κ2) is 12.2. The number of aromatic nitrogens is 4. The molecule has 3 aromatic rings. The summed E-state index contributed by atoms with van der Waals surface area (Å²) in [5.74, 6) is 1.47. The van der Waals surface area contributed by atoms with Gasteiger partial charge in [-0.3, -0.25) is 19.8 Å². The van der Waals surface area contributed by atoms with Crippen molar-refractivity contribution in [3.63, 3.8) is 0 Å².